The Balaban J connectivity index is 1.67. The zero-order chi connectivity index (χ0) is 23.3. The Morgan fingerprint density at radius 3 is 2.62 bits per heavy atom. The summed E-state index contributed by atoms with van der Waals surface area (Å²) in [4.78, 5) is 26.5. The van der Waals surface area contributed by atoms with Crippen LogP contribution in [0.1, 0.15) is 30.5 Å². The first-order valence-electron chi connectivity index (χ1n) is 9.94. The topological polar surface area (TPSA) is 88.1 Å². The van der Waals surface area contributed by atoms with E-state index in [9.17, 15) is 27.9 Å². The van der Waals surface area contributed by atoms with Crippen molar-refractivity contribution in [1.29, 1.82) is 0 Å². The van der Waals surface area contributed by atoms with Crippen molar-refractivity contribution in [3.8, 4) is 5.75 Å². The molecule has 2 aromatic rings. The number of aliphatic hydroxyl groups is 1. The third kappa shape index (κ3) is 5.91. The van der Waals surface area contributed by atoms with Gasteiger partial charge in [-0.1, -0.05) is 36.4 Å². The molecule has 3 rings (SSSR count). The number of carbonyl (C=O) groups excluding carboxylic acids is 2. The largest absolute Gasteiger partial charge is 0.445 e. The molecular weight excluding hydrogens is 429 g/mol. The summed E-state index contributed by atoms with van der Waals surface area (Å²) in [6, 6.07) is 10.2. The molecule has 0 bridgehead atoms. The van der Waals surface area contributed by atoms with Crippen LogP contribution >= 0.6 is 0 Å². The number of halogens is 3. The van der Waals surface area contributed by atoms with E-state index in [0.717, 1.165) is 22.6 Å². The summed E-state index contributed by atoms with van der Waals surface area (Å²) in [6.45, 7) is -1.75. The van der Waals surface area contributed by atoms with E-state index >= 15 is 0 Å². The smallest absolute Gasteiger partial charge is 0.410 e. The molecule has 1 saturated heterocycles. The Kier molecular flexibility index (Phi) is 7.57. The van der Waals surface area contributed by atoms with Crippen molar-refractivity contribution in [2.45, 2.75) is 44.8 Å². The summed E-state index contributed by atoms with van der Waals surface area (Å²) in [5, 5.41) is 12.6. The van der Waals surface area contributed by atoms with Gasteiger partial charge in [0.25, 0.3) is 0 Å². The third-order valence-corrected chi connectivity index (χ3v) is 5.04. The molecule has 2 N–H and O–H groups in total. The fourth-order valence-corrected chi connectivity index (χ4v) is 3.52. The molecule has 1 heterocycles. The highest BCUT2D eigenvalue weighted by molar-refractivity contribution is 5.86. The van der Waals surface area contributed by atoms with Crippen LogP contribution in [0.4, 0.5) is 18.0 Å². The second-order valence-electron chi connectivity index (χ2n) is 7.39. The molecule has 1 aliphatic rings. The maximum Gasteiger partial charge on any atom is 0.410 e. The average Bonchev–Trinajstić information content (AvgIpc) is 3.14. The van der Waals surface area contributed by atoms with E-state index in [0.29, 0.717) is 0 Å². The maximum absolute atomic E-state index is 13.4. The number of carbonyl (C=O) groups is 2. The highest BCUT2D eigenvalue weighted by atomic mass is 19.3. The van der Waals surface area contributed by atoms with Gasteiger partial charge in [0.05, 0.1) is 18.7 Å². The lowest BCUT2D eigenvalue weighted by molar-refractivity contribution is -0.125. The second-order valence-corrected chi connectivity index (χ2v) is 7.39. The maximum atomic E-state index is 13.4. The van der Waals surface area contributed by atoms with Gasteiger partial charge in [0.15, 0.2) is 0 Å². The summed E-state index contributed by atoms with van der Waals surface area (Å²) in [5.41, 5.74) is 0.898. The number of β-amino-alcohol motifs (C(OH)–C–C–N with tert-alkyl or cyclic N) is 1. The minimum atomic E-state index is -3.17. The zero-order valence-electron chi connectivity index (χ0n) is 17.2. The second kappa shape index (κ2) is 10.4. The number of ether oxygens (including phenoxy) is 2. The Hall–Kier alpha value is -3.27. The van der Waals surface area contributed by atoms with Crippen LogP contribution in [0.3, 0.4) is 0 Å². The molecule has 0 radical (unpaired) electrons. The van der Waals surface area contributed by atoms with Crippen molar-refractivity contribution < 1.29 is 37.3 Å². The van der Waals surface area contributed by atoms with Gasteiger partial charge in [-0.2, -0.15) is 8.78 Å². The van der Waals surface area contributed by atoms with Gasteiger partial charge in [0.2, 0.25) is 5.91 Å². The standard InChI is InChI=1S/C22H23F3N2O5/c1-13(17-8-7-15(23)9-19(17)32-21(24)25)26-20(29)18-10-16(28)11-27(18)22(30)31-12-14-5-3-2-4-6-14/h2-9,13,16,18,21,28H,10-12H2,1H3,(H,26,29)/t13-,16+,18-/m0/s1. The number of aliphatic hydroxyl groups excluding tert-OH is 1. The minimum absolute atomic E-state index is 0.000910. The molecule has 172 valence electrons. The van der Waals surface area contributed by atoms with Gasteiger partial charge in [0.1, 0.15) is 24.2 Å². The van der Waals surface area contributed by atoms with Crippen LogP contribution in [0.2, 0.25) is 0 Å². The van der Waals surface area contributed by atoms with Gasteiger partial charge in [-0.25, -0.2) is 9.18 Å². The lowest BCUT2D eigenvalue weighted by Crippen LogP contribution is -2.46. The Bertz CT molecular complexity index is 944. The van der Waals surface area contributed by atoms with E-state index in [1.165, 1.54) is 13.0 Å². The SMILES string of the molecule is C[C@H](NC(=O)[C@@H]1C[C@@H](O)CN1C(=O)OCc1ccccc1)c1ccc(F)cc1OC(F)F. The average molecular weight is 452 g/mol. The number of benzene rings is 2. The number of amides is 2. The van der Waals surface area contributed by atoms with Crippen molar-refractivity contribution in [3.63, 3.8) is 0 Å². The molecule has 0 unspecified atom stereocenters. The number of hydrogen-bond acceptors (Lipinski definition) is 5. The van der Waals surface area contributed by atoms with Crippen LogP contribution in [0, 0.1) is 5.82 Å². The normalized spacial score (nSPS) is 19.0. The van der Waals surface area contributed by atoms with Crippen molar-refractivity contribution in [2.75, 3.05) is 6.54 Å². The molecule has 3 atom stereocenters. The van der Waals surface area contributed by atoms with Crippen LogP contribution in [0.25, 0.3) is 0 Å². The number of likely N-dealkylation sites (tertiary alicyclic amines) is 1. The lowest BCUT2D eigenvalue weighted by atomic mass is 10.1. The van der Waals surface area contributed by atoms with E-state index in [2.05, 4.69) is 10.1 Å². The summed E-state index contributed by atoms with van der Waals surface area (Å²) >= 11 is 0. The number of rotatable bonds is 7. The molecule has 1 fully saturated rings. The van der Waals surface area contributed by atoms with E-state index < -0.39 is 48.4 Å². The van der Waals surface area contributed by atoms with E-state index in [-0.39, 0.29) is 25.1 Å². The molecule has 1 aliphatic heterocycles. The van der Waals surface area contributed by atoms with Gasteiger partial charge < -0.3 is 19.9 Å². The van der Waals surface area contributed by atoms with Crippen molar-refractivity contribution in [2.24, 2.45) is 0 Å². The van der Waals surface area contributed by atoms with E-state index in [4.69, 9.17) is 4.74 Å². The van der Waals surface area contributed by atoms with Crippen LogP contribution in [-0.4, -0.2) is 47.3 Å². The van der Waals surface area contributed by atoms with Crippen LogP contribution in [0.5, 0.6) is 5.75 Å². The van der Waals surface area contributed by atoms with Crippen molar-refractivity contribution in [1.82, 2.24) is 10.2 Å². The molecule has 2 amide bonds. The van der Waals surface area contributed by atoms with Crippen molar-refractivity contribution >= 4 is 12.0 Å². The number of nitrogens with one attached hydrogen (secondary N) is 1. The highest BCUT2D eigenvalue weighted by Crippen LogP contribution is 2.28. The summed E-state index contributed by atoms with van der Waals surface area (Å²) in [7, 11) is 0. The predicted molar refractivity (Wildman–Crippen MR) is 107 cm³/mol. The predicted octanol–water partition coefficient (Wildman–Crippen LogP) is 3.38. The number of alkyl halides is 2. The molecule has 0 saturated carbocycles. The number of hydrogen-bond donors (Lipinski definition) is 2. The lowest BCUT2D eigenvalue weighted by Gasteiger charge is -2.25. The third-order valence-electron chi connectivity index (χ3n) is 5.04. The summed E-state index contributed by atoms with van der Waals surface area (Å²) in [5.74, 6) is -1.79. The molecule has 0 aliphatic carbocycles. The minimum Gasteiger partial charge on any atom is -0.445 e. The molecule has 0 spiro atoms. The van der Waals surface area contributed by atoms with Crippen LogP contribution < -0.4 is 10.1 Å². The van der Waals surface area contributed by atoms with E-state index in [1.807, 2.05) is 6.07 Å². The zero-order valence-corrected chi connectivity index (χ0v) is 17.2. The first kappa shape index (κ1) is 23.4. The highest BCUT2D eigenvalue weighted by Gasteiger charge is 2.40. The fourth-order valence-electron chi connectivity index (χ4n) is 3.52. The molecular formula is C22H23F3N2O5. The summed E-state index contributed by atoms with van der Waals surface area (Å²) in [6.07, 6.45) is -1.70. The van der Waals surface area contributed by atoms with Crippen LogP contribution in [0.15, 0.2) is 48.5 Å². The van der Waals surface area contributed by atoms with Crippen molar-refractivity contribution in [3.05, 3.63) is 65.5 Å². The monoisotopic (exact) mass is 452 g/mol. The van der Waals surface area contributed by atoms with Crippen LogP contribution in [-0.2, 0) is 16.1 Å². The molecule has 10 heteroatoms. The van der Waals surface area contributed by atoms with Gasteiger partial charge in [0, 0.05) is 18.1 Å². The quantitative estimate of drug-likeness (QED) is 0.673. The fraction of sp³-hybridized carbons (Fsp3) is 0.364. The first-order chi connectivity index (χ1) is 15.2. The molecule has 2 aromatic carbocycles. The Labute approximate surface area is 182 Å². The van der Waals surface area contributed by atoms with Gasteiger partial charge in [-0.3, -0.25) is 9.69 Å². The summed E-state index contributed by atoms with van der Waals surface area (Å²) < 4.78 is 48.4. The Morgan fingerprint density at radius 1 is 1.22 bits per heavy atom. The van der Waals surface area contributed by atoms with Gasteiger partial charge in [-0.05, 0) is 18.6 Å². The number of nitrogens with zero attached hydrogens (tertiary/aromatic N) is 1. The first-order valence-corrected chi connectivity index (χ1v) is 9.94. The van der Waals surface area contributed by atoms with Gasteiger partial charge >= 0.3 is 12.7 Å². The van der Waals surface area contributed by atoms with E-state index in [1.54, 1.807) is 24.3 Å². The molecule has 32 heavy (non-hydrogen) atoms. The van der Waals surface area contributed by atoms with Gasteiger partial charge in [-0.15, -0.1) is 0 Å². The molecule has 7 nitrogen and oxygen atoms in total. The Morgan fingerprint density at radius 2 is 1.94 bits per heavy atom. The molecule has 0 aromatic heterocycles.